The van der Waals surface area contributed by atoms with Gasteiger partial charge in [-0.25, -0.2) is 13.4 Å². The second-order valence-electron chi connectivity index (χ2n) is 4.23. The molecule has 1 heterocycles. The number of carbonyl (C=O) groups excluding carboxylic acids is 1. The number of amides is 1. The zero-order valence-electron chi connectivity index (χ0n) is 10.5. The average molecular weight is 294 g/mol. The van der Waals surface area contributed by atoms with Crippen molar-refractivity contribution in [3.8, 4) is 0 Å². The van der Waals surface area contributed by atoms with E-state index in [1.807, 2.05) is 13.8 Å². The van der Waals surface area contributed by atoms with E-state index in [-0.39, 0.29) is 23.4 Å². The van der Waals surface area contributed by atoms with Crippen LogP contribution >= 0.6 is 10.7 Å². The molecule has 1 N–H and O–H groups in total. The van der Waals surface area contributed by atoms with Crippen LogP contribution in [0.3, 0.4) is 0 Å². The molecule has 0 radical (unpaired) electrons. The topological polar surface area (TPSA) is 81.1 Å². The zero-order chi connectivity index (χ0) is 13.9. The molecule has 0 aromatic carbocycles. The highest BCUT2D eigenvalue weighted by molar-refractivity contribution is 8.13. The number of aryl methyl sites for hydroxylation is 2. The van der Waals surface area contributed by atoms with Crippen LogP contribution in [0, 0.1) is 6.92 Å². The third-order valence-corrected chi connectivity index (χ3v) is 3.40. The summed E-state index contributed by atoms with van der Waals surface area (Å²) in [6, 6.07) is 0.0835. The van der Waals surface area contributed by atoms with Gasteiger partial charge in [-0.3, -0.25) is 4.79 Å². The van der Waals surface area contributed by atoms with Gasteiger partial charge in [0.05, 0.1) is 0 Å². The molecule has 6 nitrogen and oxygen atoms in total. The number of carbonyl (C=O) groups is 1. The average Bonchev–Trinajstić information content (AvgIpc) is 2.55. The normalized spacial score (nSPS) is 11.8. The fourth-order valence-corrected chi connectivity index (χ4v) is 2.16. The molecule has 0 aliphatic carbocycles. The van der Waals surface area contributed by atoms with E-state index in [9.17, 15) is 13.2 Å². The number of hydrogen-bond acceptors (Lipinski definition) is 4. The highest BCUT2D eigenvalue weighted by atomic mass is 35.7. The molecule has 0 aliphatic rings. The predicted octanol–water partition coefficient (Wildman–Crippen LogP) is 1.03. The van der Waals surface area contributed by atoms with Crippen LogP contribution in [0.2, 0.25) is 0 Å². The molecule has 0 bridgehead atoms. The van der Waals surface area contributed by atoms with E-state index < -0.39 is 9.05 Å². The molecule has 1 aromatic heterocycles. The lowest BCUT2D eigenvalue weighted by Crippen LogP contribution is -2.30. The van der Waals surface area contributed by atoms with Gasteiger partial charge in [0.1, 0.15) is 5.82 Å². The van der Waals surface area contributed by atoms with Crippen LogP contribution in [0.25, 0.3) is 0 Å². The largest absolute Gasteiger partial charge is 0.354 e. The number of aromatic nitrogens is 2. The van der Waals surface area contributed by atoms with Gasteiger partial charge >= 0.3 is 0 Å². The molecule has 102 valence electrons. The Morgan fingerprint density at radius 2 is 2.17 bits per heavy atom. The molecule has 0 saturated carbocycles. The first-order chi connectivity index (χ1) is 8.20. The number of nitrogens with zero attached hydrogens (tertiary/aromatic N) is 2. The number of rotatable bonds is 5. The van der Waals surface area contributed by atoms with Crippen molar-refractivity contribution in [1.29, 1.82) is 0 Å². The SMILES string of the molecule is Cc1nc(S(=O)(=O)Cl)cn1CCC(=O)NC(C)C. The lowest BCUT2D eigenvalue weighted by Gasteiger charge is -2.08. The van der Waals surface area contributed by atoms with Crippen molar-refractivity contribution in [2.45, 2.75) is 44.8 Å². The van der Waals surface area contributed by atoms with Crippen molar-refractivity contribution in [2.24, 2.45) is 0 Å². The molecule has 0 unspecified atom stereocenters. The maximum absolute atomic E-state index is 11.5. The molecule has 0 spiro atoms. The number of imidazole rings is 1. The van der Waals surface area contributed by atoms with E-state index >= 15 is 0 Å². The van der Waals surface area contributed by atoms with Crippen LogP contribution < -0.4 is 5.32 Å². The number of nitrogens with one attached hydrogen (secondary N) is 1. The maximum atomic E-state index is 11.5. The zero-order valence-corrected chi connectivity index (χ0v) is 12.0. The fraction of sp³-hybridized carbons (Fsp3) is 0.600. The summed E-state index contributed by atoms with van der Waals surface area (Å²) < 4.78 is 23.8. The molecular formula is C10H16ClN3O3S. The standard InChI is InChI=1S/C10H16ClN3O3S/c1-7(2)12-9(15)4-5-14-6-10(13-8(14)3)18(11,16)17/h6-7H,4-5H2,1-3H3,(H,12,15). The first kappa shape index (κ1) is 15.0. The Hall–Kier alpha value is -1.08. The van der Waals surface area contributed by atoms with Gasteiger partial charge in [-0.05, 0) is 20.8 Å². The minimum absolute atomic E-state index is 0.0835. The summed E-state index contributed by atoms with van der Waals surface area (Å²) >= 11 is 0. The Balaban J connectivity index is 2.69. The van der Waals surface area contributed by atoms with Gasteiger partial charge in [0.15, 0.2) is 5.03 Å². The van der Waals surface area contributed by atoms with Crippen LogP contribution in [-0.2, 0) is 20.4 Å². The van der Waals surface area contributed by atoms with E-state index in [1.54, 1.807) is 11.5 Å². The van der Waals surface area contributed by atoms with Gasteiger partial charge in [-0.2, -0.15) is 0 Å². The summed E-state index contributed by atoms with van der Waals surface area (Å²) in [5.41, 5.74) is 0. The fourth-order valence-electron chi connectivity index (χ4n) is 1.44. The third kappa shape index (κ3) is 4.30. The molecule has 18 heavy (non-hydrogen) atoms. The minimum atomic E-state index is -3.82. The van der Waals surface area contributed by atoms with E-state index in [0.29, 0.717) is 12.4 Å². The van der Waals surface area contributed by atoms with Gasteiger partial charge in [-0.1, -0.05) is 0 Å². The molecule has 0 fully saturated rings. The second-order valence-corrected chi connectivity index (χ2v) is 6.74. The molecule has 1 amide bonds. The van der Waals surface area contributed by atoms with E-state index in [1.165, 1.54) is 6.20 Å². The summed E-state index contributed by atoms with van der Waals surface area (Å²) in [6.07, 6.45) is 1.59. The lowest BCUT2D eigenvalue weighted by molar-refractivity contribution is -0.121. The van der Waals surface area contributed by atoms with Crippen LogP contribution in [-0.4, -0.2) is 29.9 Å². The summed E-state index contributed by atoms with van der Waals surface area (Å²) in [5.74, 6) is 0.417. The molecule has 1 aromatic rings. The van der Waals surface area contributed by atoms with Crippen molar-refractivity contribution in [3.05, 3.63) is 12.0 Å². The van der Waals surface area contributed by atoms with Gasteiger partial charge in [0.2, 0.25) is 5.91 Å². The monoisotopic (exact) mass is 293 g/mol. The predicted molar refractivity (Wildman–Crippen MR) is 67.9 cm³/mol. The van der Waals surface area contributed by atoms with E-state index in [4.69, 9.17) is 10.7 Å². The minimum Gasteiger partial charge on any atom is -0.354 e. The summed E-state index contributed by atoms with van der Waals surface area (Å²) in [7, 11) is 1.37. The Kier molecular flexibility index (Phi) is 4.75. The first-order valence-electron chi connectivity index (χ1n) is 5.48. The third-order valence-electron chi connectivity index (χ3n) is 2.23. The van der Waals surface area contributed by atoms with Gasteiger partial charge in [-0.15, -0.1) is 0 Å². The molecule has 8 heteroatoms. The second kappa shape index (κ2) is 5.71. The van der Waals surface area contributed by atoms with Crippen molar-refractivity contribution in [3.63, 3.8) is 0 Å². The highest BCUT2D eigenvalue weighted by Crippen LogP contribution is 2.14. The van der Waals surface area contributed by atoms with Crippen LogP contribution in [0.15, 0.2) is 11.2 Å². The van der Waals surface area contributed by atoms with Crippen LogP contribution in [0.4, 0.5) is 0 Å². The molecule has 0 atom stereocenters. The van der Waals surface area contributed by atoms with Gasteiger partial charge in [0.25, 0.3) is 9.05 Å². The van der Waals surface area contributed by atoms with Crippen molar-refractivity contribution in [1.82, 2.24) is 14.9 Å². The number of halogens is 1. The van der Waals surface area contributed by atoms with Gasteiger partial charge in [0, 0.05) is 35.9 Å². The van der Waals surface area contributed by atoms with E-state index in [2.05, 4.69) is 10.3 Å². The summed E-state index contributed by atoms with van der Waals surface area (Å²) in [6.45, 7) is 5.77. The van der Waals surface area contributed by atoms with E-state index in [0.717, 1.165) is 0 Å². The Morgan fingerprint density at radius 3 is 2.61 bits per heavy atom. The lowest BCUT2D eigenvalue weighted by atomic mass is 10.3. The van der Waals surface area contributed by atoms with Crippen LogP contribution in [0.1, 0.15) is 26.1 Å². The summed E-state index contributed by atoms with van der Waals surface area (Å²) in [5, 5.41) is 2.56. The Morgan fingerprint density at radius 1 is 1.56 bits per heavy atom. The quantitative estimate of drug-likeness (QED) is 0.822. The molecule has 0 aliphatic heterocycles. The van der Waals surface area contributed by atoms with Crippen LogP contribution in [0.5, 0.6) is 0 Å². The number of hydrogen-bond donors (Lipinski definition) is 1. The summed E-state index contributed by atoms with van der Waals surface area (Å²) in [4.78, 5) is 15.3. The van der Waals surface area contributed by atoms with Gasteiger partial charge < -0.3 is 9.88 Å². The molecule has 0 saturated heterocycles. The Labute approximate surface area is 111 Å². The molecule has 1 rings (SSSR count). The van der Waals surface area contributed by atoms with Crippen molar-refractivity contribution < 1.29 is 13.2 Å². The highest BCUT2D eigenvalue weighted by Gasteiger charge is 2.16. The Bertz CT molecular complexity index is 537. The van der Waals surface area contributed by atoms with Crippen molar-refractivity contribution in [2.75, 3.05) is 0 Å². The maximum Gasteiger partial charge on any atom is 0.280 e. The first-order valence-corrected chi connectivity index (χ1v) is 7.79. The molecular weight excluding hydrogens is 278 g/mol. The van der Waals surface area contributed by atoms with Crippen molar-refractivity contribution >= 4 is 25.6 Å². The smallest absolute Gasteiger partial charge is 0.280 e.